The topological polar surface area (TPSA) is 44.8 Å². The van der Waals surface area contributed by atoms with Gasteiger partial charge in [0.1, 0.15) is 41.8 Å². The van der Waals surface area contributed by atoms with Gasteiger partial charge in [-0.25, -0.2) is 9.18 Å². The molecule has 0 aliphatic heterocycles. The number of para-hydroxylation sites is 1. The third kappa shape index (κ3) is 5.73. The third-order valence-electron chi connectivity index (χ3n) is 4.70. The van der Waals surface area contributed by atoms with Crippen LogP contribution in [-0.2, 0) is 13.2 Å². The number of benzene rings is 4. The van der Waals surface area contributed by atoms with E-state index >= 15 is 0 Å². The van der Waals surface area contributed by atoms with Gasteiger partial charge in [-0.15, -0.1) is 0 Å². The van der Waals surface area contributed by atoms with Crippen LogP contribution in [0.3, 0.4) is 0 Å². The van der Waals surface area contributed by atoms with E-state index in [1.165, 1.54) is 12.1 Å². The second kappa shape index (κ2) is 10.3. The van der Waals surface area contributed by atoms with Crippen molar-refractivity contribution in [1.29, 1.82) is 0 Å². The molecular weight excluding hydrogens is 407 g/mol. The van der Waals surface area contributed by atoms with Crippen molar-refractivity contribution >= 4 is 5.97 Å². The molecule has 32 heavy (non-hydrogen) atoms. The lowest BCUT2D eigenvalue weighted by Crippen LogP contribution is -2.11. The Morgan fingerprint density at radius 1 is 0.625 bits per heavy atom. The average Bonchev–Trinajstić information content (AvgIpc) is 2.84. The van der Waals surface area contributed by atoms with Crippen molar-refractivity contribution in [2.24, 2.45) is 0 Å². The highest BCUT2D eigenvalue weighted by Gasteiger charge is 2.15. The molecule has 0 amide bonds. The quantitative estimate of drug-likeness (QED) is 0.247. The average molecular weight is 428 g/mol. The Labute approximate surface area is 185 Å². The molecule has 0 unspecified atom stereocenters. The van der Waals surface area contributed by atoms with Crippen molar-refractivity contribution in [1.82, 2.24) is 0 Å². The van der Waals surface area contributed by atoms with Gasteiger partial charge in [0.2, 0.25) is 0 Å². The zero-order valence-electron chi connectivity index (χ0n) is 17.2. The summed E-state index contributed by atoms with van der Waals surface area (Å²) in [6, 6.07) is 29.6. The Balaban J connectivity index is 1.36. The summed E-state index contributed by atoms with van der Waals surface area (Å²) >= 11 is 0. The molecule has 4 nitrogen and oxygen atoms in total. The molecule has 0 aliphatic rings. The molecule has 0 aromatic heterocycles. The normalized spacial score (nSPS) is 10.4. The molecule has 0 spiro atoms. The van der Waals surface area contributed by atoms with Crippen molar-refractivity contribution in [3.8, 4) is 17.2 Å². The lowest BCUT2D eigenvalue weighted by atomic mass is 10.2. The summed E-state index contributed by atoms with van der Waals surface area (Å²) in [5.41, 5.74) is 2.17. The maximum atomic E-state index is 13.1. The van der Waals surface area contributed by atoms with Gasteiger partial charge < -0.3 is 14.2 Å². The van der Waals surface area contributed by atoms with Gasteiger partial charge in [0.15, 0.2) is 0 Å². The number of rotatable bonds is 8. The maximum absolute atomic E-state index is 13.1. The van der Waals surface area contributed by atoms with Crippen molar-refractivity contribution in [3.63, 3.8) is 0 Å². The van der Waals surface area contributed by atoms with Crippen molar-refractivity contribution in [2.45, 2.75) is 13.2 Å². The van der Waals surface area contributed by atoms with Crippen LogP contribution in [0.1, 0.15) is 21.5 Å². The minimum atomic E-state index is -0.530. The molecule has 0 N–H and O–H groups in total. The van der Waals surface area contributed by atoms with Gasteiger partial charge in [-0.05, 0) is 59.7 Å². The fraction of sp³-hybridized carbons (Fsp3) is 0.0741. The largest absolute Gasteiger partial charge is 0.489 e. The van der Waals surface area contributed by atoms with Gasteiger partial charge >= 0.3 is 5.97 Å². The molecule has 160 valence electrons. The molecule has 0 saturated heterocycles. The third-order valence-corrected chi connectivity index (χ3v) is 4.70. The summed E-state index contributed by atoms with van der Waals surface area (Å²) in [4.78, 5) is 12.7. The lowest BCUT2D eigenvalue weighted by Gasteiger charge is -2.12. The summed E-state index contributed by atoms with van der Waals surface area (Å²) in [7, 11) is 0. The molecule has 0 atom stereocenters. The summed E-state index contributed by atoms with van der Waals surface area (Å²) in [6.07, 6.45) is 0. The smallest absolute Gasteiger partial charge is 0.347 e. The van der Waals surface area contributed by atoms with Crippen LogP contribution >= 0.6 is 0 Å². The van der Waals surface area contributed by atoms with E-state index in [0.29, 0.717) is 29.4 Å². The van der Waals surface area contributed by atoms with E-state index in [1.807, 2.05) is 30.3 Å². The van der Waals surface area contributed by atoms with Crippen molar-refractivity contribution in [2.75, 3.05) is 0 Å². The second-order valence-electron chi connectivity index (χ2n) is 7.05. The van der Waals surface area contributed by atoms with Crippen LogP contribution in [0, 0.1) is 5.82 Å². The van der Waals surface area contributed by atoms with E-state index < -0.39 is 5.97 Å². The maximum Gasteiger partial charge on any atom is 0.347 e. The highest BCUT2D eigenvalue weighted by Crippen LogP contribution is 2.24. The first-order valence-electron chi connectivity index (χ1n) is 10.1. The predicted molar refractivity (Wildman–Crippen MR) is 119 cm³/mol. The molecule has 0 heterocycles. The van der Waals surface area contributed by atoms with Crippen LogP contribution < -0.4 is 14.2 Å². The van der Waals surface area contributed by atoms with Gasteiger partial charge in [-0.3, -0.25) is 0 Å². The Hall–Kier alpha value is -4.12. The number of halogens is 1. The molecule has 0 aliphatic carbocycles. The van der Waals surface area contributed by atoms with Crippen molar-refractivity contribution < 1.29 is 23.4 Å². The lowest BCUT2D eigenvalue weighted by molar-refractivity contribution is 0.0729. The Morgan fingerprint density at radius 3 is 1.97 bits per heavy atom. The molecule has 0 saturated carbocycles. The minimum Gasteiger partial charge on any atom is -0.489 e. The fourth-order valence-electron chi connectivity index (χ4n) is 3.01. The molecule has 4 aromatic rings. The van der Waals surface area contributed by atoms with Crippen molar-refractivity contribution in [3.05, 3.63) is 126 Å². The number of ether oxygens (including phenoxy) is 3. The summed E-state index contributed by atoms with van der Waals surface area (Å²) in [6.45, 7) is 0.663. The van der Waals surface area contributed by atoms with Crippen LogP contribution in [0.4, 0.5) is 4.39 Å². The predicted octanol–water partition coefficient (Wildman–Crippen LogP) is 6.20. The fourth-order valence-corrected chi connectivity index (χ4v) is 3.01. The SMILES string of the molecule is O=C(Oc1ccc(OCc2ccccc2)cc1)c1ccccc1OCc1ccc(F)cc1. The molecule has 0 radical (unpaired) electrons. The Morgan fingerprint density at radius 2 is 1.22 bits per heavy atom. The molecule has 4 aromatic carbocycles. The Kier molecular flexibility index (Phi) is 6.78. The molecular formula is C27H21FO4. The van der Waals surface area contributed by atoms with E-state index in [1.54, 1.807) is 60.7 Å². The highest BCUT2D eigenvalue weighted by atomic mass is 19.1. The van der Waals surface area contributed by atoms with E-state index in [9.17, 15) is 9.18 Å². The van der Waals surface area contributed by atoms with Crippen LogP contribution in [-0.4, -0.2) is 5.97 Å². The Bertz CT molecular complexity index is 1160. The number of hydrogen-bond donors (Lipinski definition) is 0. The first-order chi connectivity index (χ1) is 15.7. The number of carbonyl (C=O) groups is 1. The number of carbonyl (C=O) groups excluding carboxylic acids is 1. The van der Waals surface area contributed by atoms with Gasteiger partial charge in [0.05, 0.1) is 0 Å². The standard InChI is InChI=1S/C27H21FO4/c28-22-12-10-21(11-13-22)19-31-26-9-5-4-8-25(26)27(29)32-24-16-14-23(15-17-24)30-18-20-6-2-1-3-7-20/h1-17H,18-19H2. The van der Waals surface area contributed by atoms with Crippen LogP contribution in [0.2, 0.25) is 0 Å². The molecule has 0 bridgehead atoms. The van der Waals surface area contributed by atoms with E-state index in [2.05, 4.69) is 0 Å². The van der Waals surface area contributed by atoms with E-state index in [-0.39, 0.29) is 12.4 Å². The van der Waals surface area contributed by atoms with Gasteiger partial charge in [-0.1, -0.05) is 54.6 Å². The van der Waals surface area contributed by atoms with Gasteiger partial charge in [0, 0.05) is 0 Å². The molecule has 4 rings (SSSR count). The highest BCUT2D eigenvalue weighted by molar-refractivity contribution is 5.94. The van der Waals surface area contributed by atoms with E-state index in [0.717, 1.165) is 11.1 Å². The molecule has 5 heteroatoms. The molecule has 0 fully saturated rings. The first-order valence-corrected chi connectivity index (χ1v) is 10.1. The monoisotopic (exact) mass is 428 g/mol. The second-order valence-corrected chi connectivity index (χ2v) is 7.05. The zero-order chi connectivity index (χ0) is 22.2. The van der Waals surface area contributed by atoms with Gasteiger partial charge in [-0.2, -0.15) is 0 Å². The number of esters is 1. The van der Waals surface area contributed by atoms with Crippen LogP contribution in [0.25, 0.3) is 0 Å². The summed E-state index contributed by atoms with van der Waals surface area (Å²) < 4.78 is 30.1. The van der Waals surface area contributed by atoms with E-state index in [4.69, 9.17) is 14.2 Å². The summed E-state index contributed by atoms with van der Waals surface area (Å²) in [5.74, 6) is 0.628. The first kappa shape index (κ1) is 21.1. The van der Waals surface area contributed by atoms with Crippen LogP contribution in [0.15, 0.2) is 103 Å². The number of hydrogen-bond acceptors (Lipinski definition) is 4. The van der Waals surface area contributed by atoms with Gasteiger partial charge in [0.25, 0.3) is 0 Å². The minimum absolute atomic E-state index is 0.206. The van der Waals surface area contributed by atoms with Crippen LogP contribution in [0.5, 0.6) is 17.2 Å². The zero-order valence-corrected chi connectivity index (χ0v) is 17.2. The summed E-state index contributed by atoms with van der Waals surface area (Å²) in [5, 5.41) is 0.